The Balaban J connectivity index is 1.46. The molecular formula is C25H34ClN5O4S. The normalized spacial score (nSPS) is 24.1. The number of allylic oxidation sites excluding steroid dienone is 1. The number of nitrogens with two attached hydrogens (primary N) is 1. The monoisotopic (exact) mass is 535 g/mol. The molecule has 2 fully saturated rings. The summed E-state index contributed by atoms with van der Waals surface area (Å²) in [4.78, 5) is 42.1. The zero-order valence-electron chi connectivity index (χ0n) is 20.9. The van der Waals surface area contributed by atoms with Crippen LogP contribution >= 0.6 is 23.4 Å². The van der Waals surface area contributed by atoms with Crippen molar-refractivity contribution in [1.29, 1.82) is 0 Å². The smallest absolute Gasteiger partial charge is 0.414 e. The van der Waals surface area contributed by atoms with E-state index in [0.29, 0.717) is 35.7 Å². The molecule has 0 aliphatic carbocycles. The van der Waals surface area contributed by atoms with E-state index in [1.54, 1.807) is 0 Å². The van der Waals surface area contributed by atoms with Gasteiger partial charge in [-0.25, -0.2) is 4.79 Å². The maximum atomic E-state index is 12.8. The Morgan fingerprint density at radius 1 is 1.28 bits per heavy atom. The molecule has 3 amide bonds. The summed E-state index contributed by atoms with van der Waals surface area (Å²) in [5.74, 6) is -0.304. The highest BCUT2D eigenvalue weighted by Crippen LogP contribution is 2.36. The number of alkyl halides is 1. The molecule has 3 atom stereocenters. The molecule has 1 aromatic carbocycles. The highest BCUT2D eigenvalue weighted by Gasteiger charge is 2.34. The first-order valence-electron chi connectivity index (χ1n) is 12.2. The predicted molar refractivity (Wildman–Crippen MR) is 145 cm³/mol. The van der Waals surface area contributed by atoms with Crippen molar-refractivity contribution < 1.29 is 19.1 Å². The second-order valence-electron chi connectivity index (χ2n) is 10.6. The summed E-state index contributed by atoms with van der Waals surface area (Å²) in [7, 11) is 0. The molecule has 3 aliphatic heterocycles. The Hall–Kier alpha value is -2.43. The summed E-state index contributed by atoms with van der Waals surface area (Å²) in [5, 5.41) is 5.87. The lowest BCUT2D eigenvalue weighted by molar-refractivity contribution is -0.118. The van der Waals surface area contributed by atoms with Crippen LogP contribution in [0, 0.1) is 5.41 Å². The van der Waals surface area contributed by atoms with Gasteiger partial charge in [0.25, 0.3) is 5.91 Å². The minimum Gasteiger partial charge on any atom is -0.442 e. The fourth-order valence-electron chi connectivity index (χ4n) is 4.46. The molecule has 196 valence electrons. The quantitative estimate of drug-likeness (QED) is 0.456. The van der Waals surface area contributed by atoms with Crippen molar-refractivity contribution in [3.8, 4) is 0 Å². The third-order valence-corrected chi connectivity index (χ3v) is 7.65. The number of hydrogen-bond donors (Lipinski definition) is 3. The minimum atomic E-state index is -0.493. The molecule has 0 bridgehead atoms. The molecule has 0 aromatic heterocycles. The Bertz CT molecular complexity index is 1060. The summed E-state index contributed by atoms with van der Waals surface area (Å²) in [6.07, 6.45) is 2.72. The maximum absolute atomic E-state index is 12.8. The average Bonchev–Trinajstić information content (AvgIpc) is 3.50. The topological polar surface area (TPSA) is 117 Å². The average molecular weight is 536 g/mol. The van der Waals surface area contributed by atoms with Gasteiger partial charge in [0.2, 0.25) is 5.91 Å². The SMILES string of the molecule is CC(C)(C)CC(=O)Nc1cc(N2CC(CNC(=O)C3=CCC(Cl)S3)OC2=O)ccc1N1CCC(N)C1. The van der Waals surface area contributed by atoms with Crippen molar-refractivity contribution in [3.05, 3.63) is 29.2 Å². The van der Waals surface area contributed by atoms with E-state index in [1.165, 1.54) is 16.7 Å². The lowest BCUT2D eigenvalue weighted by atomic mass is 9.92. The number of carbonyl (C=O) groups is 3. The second-order valence-corrected chi connectivity index (χ2v) is 12.7. The van der Waals surface area contributed by atoms with Crippen LogP contribution < -0.4 is 26.2 Å². The Labute approximate surface area is 221 Å². The van der Waals surface area contributed by atoms with E-state index < -0.39 is 12.2 Å². The molecule has 2 saturated heterocycles. The highest BCUT2D eigenvalue weighted by molar-refractivity contribution is 8.05. The molecule has 0 radical (unpaired) electrons. The molecule has 0 saturated carbocycles. The van der Waals surface area contributed by atoms with Crippen molar-refractivity contribution in [2.24, 2.45) is 11.1 Å². The van der Waals surface area contributed by atoms with E-state index >= 15 is 0 Å². The number of nitrogens with zero attached hydrogens (tertiary/aromatic N) is 2. The summed E-state index contributed by atoms with van der Waals surface area (Å²) < 4.78 is 5.38. The first-order chi connectivity index (χ1) is 17.0. The first kappa shape index (κ1) is 26.6. The van der Waals surface area contributed by atoms with E-state index in [2.05, 4.69) is 15.5 Å². The van der Waals surface area contributed by atoms with Gasteiger partial charge in [-0.2, -0.15) is 0 Å². The van der Waals surface area contributed by atoms with Gasteiger partial charge in [0.05, 0.1) is 34.1 Å². The second kappa shape index (κ2) is 10.9. The third kappa shape index (κ3) is 6.66. The predicted octanol–water partition coefficient (Wildman–Crippen LogP) is 3.63. The first-order valence-corrected chi connectivity index (χ1v) is 13.5. The molecule has 3 aliphatic rings. The summed E-state index contributed by atoms with van der Waals surface area (Å²) in [6.45, 7) is 8.02. The number of halogens is 1. The minimum absolute atomic E-state index is 0.0843. The molecule has 11 heteroatoms. The zero-order chi connectivity index (χ0) is 26.0. The fourth-order valence-corrected chi connectivity index (χ4v) is 5.68. The van der Waals surface area contributed by atoms with Crippen LogP contribution in [0.2, 0.25) is 0 Å². The van der Waals surface area contributed by atoms with Crippen molar-refractivity contribution in [2.75, 3.05) is 41.3 Å². The number of rotatable bonds is 7. The fraction of sp³-hybridized carbons (Fsp3) is 0.560. The van der Waals surface area contributed by atoms with E-state index in [-0.39, 0.29) is 41.1 Å². The van der Waals surface area contributed by atoms with Crippen LogP contribution in [0.15, 0.2) is 29.2 Å². The number of thioether (sulfide) groups is 1. The molecule has 1 aromatic rings. The molecule has 4 N–H and O–H groups in total. The lowest BCUT2D eigenvalue weighted by Crippen LogP contribution is -2.34. The van der Waals surface area contributed by atoms with Crippen molar-refractivity contribution in [1.82, 2.24) is 5.32 Å². The van der Waals surface area contributed by atoms with Gasteiger partial charge >= 0.3 is 6.09 Å². The summed E-state index contributed by atoms with van der Waals surface area (Å²) in [5.41, 5.74) is 8.09. The zero-order valence-corrected chi connectivity index (χ0v) is 22.5. The van der Waals surface area contributed by atoms with Crippen molar-refractivity contribution in [2.45, 2.75) is 56.9 Å². The number of amides is 3. The van der Waals surface area contributed by atoms with E-state index in [4.69, 9.17) is 22.1 Å². The Kier molecular flexibility index (Phi) is 8.06. The lowest BCUT2D eigenvalue weighted by Gasteiger charge is -2.25. The van der Waals surface area contributed by atoms with Crippen LogP contribution in [-0.2, 0) is 14.3 Å². The summed E-state index contributed by atoms with van der Waals surface area (Å²) >= 11 is 7.36. The van der Waals surface area contributed by atoms with Gasteiger partial charge in [0.15, 0.2) is 0 Å². The standard InChI is InChI=1S/C25H34ClN5O4S/c1-25(2,3)11-22(32)29-18-10-16(4-5-19(18)30-9-8-15(27)13-30)31-14-17(35-24(31)34)12-28-23(33)20-6-7-21(26)36-20/h4-6,10,15,17,21H,7-9,11-14,27H2,1-3H3,(H,28,33)(H,29,32). The largest absolute Gasteiger partial charge is 0.442 e. The number of cyclic esters (lactones) is 1. The van der Waals surface area contributed by atoms with Crippen molar-refractivity contribution in [3.63, 3.8) is 0 Å². The Morgan fingerprint density at radius 3 is 2.69 bits per heavy atom. The van der Waals surface area contributed by atoms with Gasteiger partial charge in [0.1, 0.15) is 6.10 Å². The van der Waals surface area contributed by atoms with E-state index in [0.717, 1.165) is 18.7 Å². The van der Waals surface area contributed by atoms with E-state index in [1.807, 2.05) is 45.0 Å². The molecule has 9 nitrogen and oxygen atoms in total. The van der Waals surface area contributed by atoms with Gasteiger partial charge in [-0.05, 0) is 36.5 Å². The molecule has 4 rings (SSSR count). The number of anilines is 3. The van der Waals surface area contributed by atoms with Gasteiger partial charge in [-0.3, -0.25) is 14.5 Å². The van der Waals surface area contributed by atoms with Gasteiger partial charge in [-0.15, -0.1) is 23.4 Å². The van der Waals surface area contributed by atoms with Crippen LogP contribution in [0.5, 0.6) is 0 Å². The number of benzene rings is 1. The number of carbonyl (C=O) groups excluding carboxylic acids is 3. The van der Waals surface area contributed by atoms with E-state index in [9.17, 15) is 14.4 Å². The van der Waals surface area contributed by atoms with Gasteiger partial charge < -0.3 is 26.0 Å². The molecule has 0 spiro atoms. The highest BCUT2D eigenvalue weighted by atomic mass is 35.5. The number of nitrogens with one attached hydrogen (secondary N) is 2. The summed E-state index contributed by atoms with van der Waals surface area (Å²) in [6, 6.07) is 5.65. The third-order valence-electron chi connectivity index (χ3n) is 6.15. The molecule has 3 unspecified atom stereocenters. The number of hydrogen-bond acceptors (Lipinski definition) is 7. The van der Waals surface area contributed by atoms with Gasteiger partial charge in [-0.1, -0.05) is 26.8 Å². The van der Waals surface area contributed by atoms with Crippen LogP contribution in [0.3, 0.4) is 0 Å². The van der Waals surface area contributed by atoms with Crippen LogP contribution in [0.4, 0.5) is 21.9 Å². The van der Waals surface area contributed by atoms with Gasteiger partial charge in [0, 0.05) is 31.2 Å². The number of ether oxygens (including phenoxy) is 1. The maximum Gasteiger partial charge on any atom is 0.414 e. The van der Waals surface area contributed by atoms with Crippen LogP contribution in [0.25, 0.3) is 0 Å². The molecular weight excluding hydrogens is 502 g/mol. The van der Waals surface area contributed by atoms with Crippen LogP contribution in [-0.4, -0.2) is 60.9 Å². The van der Waals surface area contributed by atoms with Crippen molar-refractivity contribution >= 4 is 58.3 Å². The van der Waals surface area contributed by atoms with Crippen LogP contribution in [0.1, 0.15) is 40.0 Å². The molecule has 3 heterocycles. The molecule has 36 heavy (non-hydrogen) atoms. The Morgan fingerprint density at radius 2 is 2.06 bits per heavy atom.